The lowest BCUT2D eigenvalue weighted by Crippen LogP contribution is -2.10. The van der Waals surface area contributed by atoms with Crippen LogP contribution in [0.1, 0.15) is 10.4 Å². The quantitative estimate of drug-likeness (QED) is 0.569. The average Bonchev–Trinajstić information content (AvgIpc) is 2.28. The zero-order valence-corrected chi connectivity index (χ0v) is 9.19. The molecule has 0 radical (unpaired) electrons. The number of hydrogen-bond donors (Lipinski definition) is 0. The van der Waals surface area contributed by atoms with Crippen molar-refractivity contribution in [1.82, 2.24) is 0 Å². The predicted molar refractivity (Wildman–Crippen MR) is 55.2 cm³/mol. The van der Waals surface area contributed by atoms with Gasteiger partial charge in [0.1, 0.15) is 12.4 Å². The van der Waals surface area contributed by atoms with Crippen LogP contribution in [0.5, 0.6) is 5.75 Å². The SMILES string of the molecule is COCCOC(=O)c1cccc(OC(F)F)c1. The highest BCUT2D eigenvalue weighted by molar-refractivity contribution is 5.89. The Balaban J connectivity index is 2.60. The largest absolute Gasteiger partial charge is 0.460 e. The molecule has 0 heterocycles. The zero-order valence-electron chi connectivity index (χ0n) is 9.19. The van der Waals surface area contributed by atoms with Crippen LogP contribution in [0.4, 0.5) is 8.78 Å². The van der Waals surface area contributed by atoms with E-state index in [0.717, 1.165) is 0 Å². The average molecular weight is 246 g/mol. The zero-order chi connectivity index (χ0) is 12.7. The van der Waals surface area contributed by atoms with E-state index >= 15 is 0 Å². The molecule has 0 atom stereocenters. The molecule has 0 unspecified atom stereocenters. The molecular weight excluding hydrogens is 234 g/mol. The van der Waals surface area contributed by atoms with Gasteiger partial charge in [-0.25, -0.2) is 4.79 Å². The highest BCUT2D eigenvalue weighted by Crippen LogP contribution is 2.16. The third kappa shape index (κ3) is 4.78. The molecule has 1 aromatic rings. The molecule has 6 heteroatoms. The summed E-state index contributed by atoms with van der Waals surface area (Å²) >= 11 is 0. The Morgan fingerprint density at radius 1 is 1.35 bits per heavy atom. The predicted octanol–water partition coefficient (Wildman–Crippen LogP) is 2.09. The smallest absolute Gasteiger partial charge is 0.387 e. The molecular formula is C11H12F2O4. The summed E-state index contributed by atoms with van der Waals surface area (Å²) in [6, 6.07) is 5.41. The van der Waals surface area contributed by atoms with Crippen LogP contribution >= 0.6 is 0 Å². The second-order valence-corrected chi connectivity index (χ2v) is 3.04. The number of halogens is 2. The number of methoxy groups -OCH3 is 1. The van der Waals surface area contributed by atoms with Crippen molar-refractivity contribution >= 4 is 5.97 Å². The van der Waals surface area contributed by atoms with E-state index < -0.39 is 12.6 Å². The normalized spacial score (nSPS) is 10.4. The van der Waals surface area contributed by atoms with Crippen LogP contribution in [-0.2, 0) is 9.47 Å². The Bertz CT molecular complexity index is 368. The lowest BCUT2D eigenvalue weighted by molar-refractivity contribution is -0.0499. The van der Waals surface area contributed by atoms with E-state index in [0.29, 0.717) is 0 Å². The van der Waals surface area contributed by atoms with Gasteiger partial charge in [-0.3, -0.25) is 0 Å². The maximum Gasteiger partial charge on any atom is 0.387 e. The van der Waals surface area contributed by atoms with Crippen molar-refractivity contribution in [3.8, 4) is 5.75 Å². The molecule has 0 aliphatic rings. The van der Waals surface area contributed by atoms with Gasteiger partial charge >= 0.3 is 12.6 Å². The molecule has 0 aromatic heterocycles. The van der Waals surface area contributed by atoms with E-state index in [2.05, 4.69) is 4.74 Å². The van der Waals surface area contributed by atoms with Gasteiger partial charge in [0, 0.05) is 7.11 Å². The van der Waals surface area contributed by atoms with Crippen LogP contribution in [-0.4, -0.2) is 32.9 Å². The van der Waals surface area contributed by atoms with E-state index in [1.807, 2.05) is 0 Å². The van der Waals surface area contributed by atoms with E-state index in [1.54, 1.807) is 0 Å². The number of carbonyl (C=O) groups excluding carboxylic acids is 1. The number of rotatable bonds is 6. The summed E-state index contributed by atoms with van der Waals surface area (Å²) < 4.78 is 37.6. The van der Waals surface area contributed by atoms with Gasteiger partial charge in [-0.15, -0.1) is 0 Å². The molecule has 0 saturated carbocycles. The fourth-order valence-corrected chi connectivity index (χ4v) is 1.10. The van der Waals surface area contributed by atoms with Gasteiger partial charge in [-0.1, -0.05) is 6.07 Å². The van der Waals surface area contributed by atoms with E-state index in [4.69, 9.17) is 9.47 Å². The van der Waals surface area contributed by atoms with Gasteiger partial charge < -0.3 is 14.2 Å². The molecule has 0 bridgehead atoms. The first kappa shape index (κ1) is 13.4. The minimum Gasteiger partial charge on any atom is -0.460 e. The minimum absolute atomic E-state index is 0.0822. The van der Waals surface area contributed by atoms with E-state index in [9.17, 15) is 13.6 Å². The maximum atomic E-state index is 11.9. The molecule has 0 aliphatic carbocycles. The van der Waals surface area contributed by atoms with Crippen LogP contribution in [0, 0.1) is 0 Å². The number of alkyl halides is 2. The third-order valence-electron chi connectivity index (χ3n) is 1.82. The van der Waals surface area contributed by atoms with Crippen LogP contribution in [0.3, 0.4) is 0 Å². The molecule has 0 amide bonds. The Morgan fingerprint density at radius 3 is 2.76 bits per heavy atom. The van der Waals surface area contributed by atoms with Gasteiger partial charge in [0.2, 0.25) is 0 Å². The van der Waals surface area contributed by atoms with Gasteiger partial charge in [0.05, 0.1) is 12.2 Å². The molecule has 4 nitrogen and oxygen atoms in total. The van der Waals surface area contributed by atoms with Gasteiger partial charge in [0.25, 0.3) is 0 Å². The molecule has 0 aliphatic heterocycles. The fourth-order valence-electron chi connectivity index (χ4n) is 1.10. The number of benzene rings is 1. The summed E-state index contributed by atoms with van der Waals surface area (Å²) in [7, 11) is 1.48. The minimum atomic E-state index is -2.92. The Kier molecular flexibility index (Phi) is 5.35. The van der Waals surface area contributed by atoms with E-state index in [-0.39, 0.29) is 24.5 Å². The molecule has 0 saturated heterocycles. The van der Waals surface area contributed by atoms with E-state index in [1.165, 1.54) is 31.4 Å². The first-order chi connectivity index (χ1) is 8.13. The van der Waals surface area contributed by atoms with Crippen molar-refractivity contribution in [3.63, 3.8) is 0 Å². The van der Waals surface area contributed by atoms with Gasteiger partial charge in [-0.05, 0) is 18.2 Å². The van der Waals surface area contributed by atoms with Crippen LogP contribution in [0.25, 0.3) is 0 Å². The van der Waals surface area contributed by atoms with Crippen molar-refractivity contribution in [3.05, 3.63) is 29.8 Å². The van der Waals surface area contributed by atoms with Gasteiger partial charge in [0.15, 0.2) is 0 Å². The fraction of sp³-hybridized carbons (Fsp3) is 0.364. The van der Waals surface area contributed by atoms with Crippen molar-refractivity contribution in [2.24, 2.45) is 0 Å². The van der Waals surface area contributed by atoms with Crippen LogP contribution < -0.4 is 4.74 Å². The second kappa shape index (κ2) is 6.80. The summed E-state index contributed by atoms with van der Waals surface area (Å²) in [6.45, 7) is -2.54. The molecule has 0 spiro atoms. The molecule has 0 N–H and O–H groups in total. The number of ether oxygens (including phenoxy) is 3. The lowest BCUT2D eigenvalue weighted by atomic mass is 10.2. The van der Waals surface area contributed by atoms with Crippen molar-refractivity contribution in [2.45, 2.75) is 6.61 Å². The highest BCUT2D eigenvalue weighted by atomic mass is 19.3. The Morgan fingerprint density at radius 2 is 2.12 bits per heavy atom. The summed E-state index contributed by atoms with van der Waals surface area (Å²) in [4.78, 5) is 11.4. The van der Waals surface area contributed by atoms with Crippen molar-refractivity contribution in [2.75, 3.05) is 20.3 Å². The topological polar surface area (TPSA) is 44.8 Å². The van der Waals surface area contributed by atoms with Crippen molar-refractivity contribution < 1.29 is 27.8 Å². The Hall–Kier alpha value is -1.69. The standard InChI is InChI=1S/C11H12F2O4/c1-15-5-6-16-10(14)8-3-2-4-9(7-8)17-11(12)13/h2-4,7,11H,5-6H2,1H3. The molecule has 1 rings (SSSR count). The van der Waals surface area contributed by atoms with Crippen LogP contribution in [0.15, 0.2) is 24.3 Å². The van der Waals surface area contributed by atoms with Crippen molar-refractivity contribution in [1.29, 1.82) is 0 Å². The summed E-state index contributed by atoms with van der Waals surface area (Å²) in [6.07, 6.45) is 0. The third-order valence-corrected chi connectivity index (χ3v) is 1.82. The summed E-state index contributed by atoms with van der Waals surface area (Å²) in [5.74, 6) is -0.692. The first-order valence-corrected chi connectivity index (χ1v) is 4.84. The number of esters is 1. The molecule has 1 aromatic carbocycles. The number of carbonyl (C=O) groups is 1. The van der Waals surface area contributed by atoms with Gasteiger partial charge in [-0.2, -0.15) is 8.78 Å². The first-order valence-electron chi connectivity index (χ1n) is 4.84. The monoisotopic (exact) mass is 246 g/mol. The molecule has 17 heavy (non-hydrogen) atoms. The van der Waals surface area contributed by atoms with Crippen LogP contribution in [0.2, 0.25) is 0 Å². The number of hydrogen-bond acceptors (Lipinski definition) is 4. The molecule has 0 fully saturated rings. The summed E-state index contributed by atoms with van der Waals surface area (Å²) in [5.41, 5.74) is 0.152. The second-order valence-electron chi connectivity index (χ2n) is 3.04. The lowest BCUT2D eigenvalue weighted by Gasteiger charge is -2.07. The summed E-state index contributed by atoms with van der Waals surface area (Å²) in [5, 5.41) is 0. The molecule has 94 valence electrons. The maximum absolute atomic E-state index is 11.9. The highest BCUT2D eigenvalue weighted by Gasteiger charge is 2.10. The Labute approximate surface area is 97.1 Å².